The van der Waals surface area contributed by atoms with Crippen LogP contribution < -0.4 is 4.74 Å². The van der Waals surface area contributed by atoms with Crippen LogP contribution in [0.2, 0.25) is 0 Å². The molecule has 0 bridgehead atoms. The molecule has 0 spiro atoms. The molecule has 1 aliphatic heterocycles. The van der Waals surface area contributed by atoms with E-state index in [4.69, 9.17) is 4.74 Å². The Morgan fingerprint density at radius 2 is 2.06 bits per heavy atom. The Kier molecular flexibility index (Phi) is 3.68. The molecule has 0 radical (unpaired) electrons. The van der Waals surface area contributed by atoms with E-state index < -0.39 is 6.61 Å². The van der Waals surface area contributed by atoms with Gasteiger partial charge in [0.15, 0.2) is 5.78 Å². The third kappa shape index (κ3) is 3.00. The van der Waals surface area contributed by atoms with Crippen molar-refractivity contribution < 1.29 is 23.0 Å². The second kappa shape index (κ2) is 5.23. The molecule has 92 valence electrons. The highest BCUT2D eigenvalue weighted by molar-refractivity contribution is 5.98. The van der Waals surface area contributed by atoms with Gasteiger partial charge in [0.1, 0.15) is 5.75 Å². The predicted molar refractivity (Wildman–Crippen MR) is 56.3 cm³/mol. The van der Waals surface area contributed by atoms with Crippen molar-refractivity contribution in [2.45, 2.75) is 13.0 Å². The Morgan fingerprint density at radius 1 is 1.35 bits per heavy atom. The highest BCUT2D eigenvalue weighted by Gasteiger charge is 2.24. The number of alkyl halides is 2. The van der Waals surface area contributed by atoms with Gasteiger partial charge in [0, 0.05) is 18.1 Å². The van der Waals surface area contributed by atoms with Crippen molar-refractivity contribution >= 4 is 5.78 Å². The number of benzene rings is 1. The van der Waals surface area contributed by atoms with E-state index in [0.29, 0.717) is 25.2 Å². The molecule has 3 nitrogen and oxygen atoms in total. The van der Waals surface area contributed by atoms with E-state index in [-0.39, 0.29) is 17.5 Å². The fourth-order valence-electron chi connectivity index (χ4n) is 1.78. The summed E-state index contributed by atoms with van der Waals surface area (Å²) in [5.74, 6) is -0.0674. The van der Waals surface area contributed by atoms with Crippen LogP contribution >= 0.6 is 0 Å². The minimum absolute atomic E-state index is 0.00824. The van der Waals surface area contributed by atoms with Crippen molar-refractivity contribution in [3.05, 3.63) is 29.8 Å². The lowest BCUT2D eigenvalue weighted by Gasteiger charge is -2.08. The van der Waals surface area contributed by atoms with Crippen molar-refractivity contribution in [1.82, 2.24) is 0 Å². The van der Waals surface area contributed by atoms with Gasteiger partial charge in [-0.25, -0.2) is 0 Å². The molecule has 1 atom stereocenters. The number of Topliss-reactive ketones (excluding diaryl/α,β-unsaturated/α-hetero) is 1. The molecule has 0 amide bonds. The standard InChI is InChI=1S/C12H12F2O3/c13-12(14)17-10-3-1-8(2-4-10)11(15)9-5-6-16-7-9/h1-4,9,12H,5-7H2. The van der Waals surface area contributed by atoms with E-state index in [1.165, 1.54) is 24.3 Å². The van der Waals surface area contributed by atoms with Gasteiger partial charge in [-0.05, 0) is 30.7 Å². The van der Waals surface area contributed by atoms with Crippen molar-refractivity contribution in [1.29, 1.82) is 0 Å². The second-order valence-corrected chi connectivity index (χ2v) is 3.83. The summed E-state index contributed by atoms with van der Waals surface area (Å²) in [6, 6.07) is 5.74. The predicted octanol–water partition coefficient (Wildman–Crippen LogP) is 2.51. The Morgan fingerprint density at radius 3 is 2.59 bits per heavy atom. The quantitative estimate of drug-likeness (QED) is 0.761. The summed E-state index contributed by atoms with van der Waals surface area (Å²) in [7, 11) is 0. The lowest BCUT2D eigenvalue weighted by atomic mass is 9.97. The van der Waals surface area contributed by atoms with Crippen molar-refractivity contribution in [2.24, 2.45) is 5.92 Å². The van der Waals surface area contributed by atoms with Crippen LogP contribution in [0.1, 0.15) is 16.8 Å². The molecule has 1 fully saturated rings. The van der Waals surface area contributed by atoms with Crippen LogP contribution in [0.25, 0.3) is 0 Å². The van der Waals surface area contributed by atoms with Crippen LogP contribution in [-0.4, -0.2) is 25.6 Å². The van der Waals surface area contributed by atoms with Crippen LogP contribution in [0.3, 0.4) is 0 Å². The maximum Gasteiger partial charge on any atom is 0.387 e. The molecule has 1 saturated heterocycles. The molecular formula is C12H12F2O3. The molecule has 1 aromatic rings. The molecule has 1 aromatic carbocycles. The summed E-state index contributed by atoms with van der Waals surface area (Å²) in [6.45, 7) is -1.81. The minimum atomic E-state index is -2.85. The van der Waals surface area contributed by atoms with Crippen LogP contribution in [0, 0.1) is 5.92 Å². The summed E-state index contributed by atoms with van der Waals surface area (Å²) >= 11 is 0. The van der Waals surface area contributed by atoms with Crippen LogP contribution in [0.4, 0.5) is 8.78 Å². The average molecular weight is 242 g/mol. The molecule has 0 saturated carbocycles. The third-order valence-electron chi connectivity index (χ3n) is 2.66. The number of halogens is 2. The molecule has 0 aromatic heterocycles. The lowest BCUT2D eigenvalue weighted by molar-refractivity contribution is -0.0498. The minimum Gasteiger partial charge on any atom is -0.435 e. The summed E-state index contributed by atoms with van der Waals surface area (Å²) in [5, 5.41) is 0. The van der Waals surface area contributed by atoms with E-state index >= 15 is 0 Å². The Bertz CT molecular complexity index is 383. The van der Waals surface area contributed by atoms with Gasteiger partial charge in [-0.2, -0.15) is 8.78 Å². The first-order valence-corrected chi connectivity index (χ1v) is 5.33. The molecule has 2 rings (SSSR count). The van der Waals surface area contributed by atoms with Gasteiger partial charge in [-0.1, -0.05) is 0 Å². The smallest absolute Gasteiger partial charge is 0.387 e. The number of rotatable bonds is 4. The first-order chi connectivity index (χ1) is 8.16. The molecule has 17 heavy (non-hydrogen) atoms. The SMILES string of the molecule is O=C(c1ccc(OC(F)F)cc1)C1CCOC1. The maximum atomic E-state index is 11.9. The van der Waals surface area contributed by atoms with E-state index in [9.17, 15) is 13.6 Å². The van der Waals surface area contributed by atoms with Crippen LogP contribution in [-0.2, 0) is 4.74 Å². The van der Waals surface area contributed by atoms with E-state index in [1.807, 2.05) is 0 Å². The first-order valence-electron chi connectivity index (χ1n) is 5.33. The van der Waals surface area contributed by atoms with E-state index in [1.54, 1.807) is 0 Å². The number of hydrogen-bond acceptors (Lipinski definition) is 3. The zero-order valence-electron chi connectivity index (χ0n) is 9.07. The van der Waals surface area contributed by atoms with Crippen LogP contribution in [0.15, 0.2) is 24.3 Å². The number of carbonyl (C=O) groups is 1. The lowest BCUT2D eigenvalue weighted by Crippen LogP contribution is -2.14. The average Bonchev–Trinajstić information content (AvgIpc) is 2.82. The number of carbonyl (C=O) groups excluding carboxylic acids is 1. The molecule has 0 N–H and O–H groups in total. The fourth-order valence-corrected chi connectivity index (χ4v) is 1.78. The summed E-state index contributed by atoms with van der Waals surface area (Å²) in [5.41, 5.74) is 0.502. The highest BCUT2D eigenvalue weighted by atomic mass is 19.3. The van der Waals surface area contributed by atoms with E-state index in [2.05, 4.69) is 4.74 Å². The third-order valence-corrected chi connectivity index (χ3v) is 2.66. The monoisotopic (exact) mass is 242 g/mol. The van der Waals surface area contributed by atoms with E-state index in [0.717, 1.165) is 0 Å². The molecule has 5 heteroatoms. The molecule has 1 heterocycles. The van der Waals surface area contributed by atoms with Crippen molar-refractivity contribution in [2.75, 3.05) is 13.2 Å². The largest absolute Gasteiger partial charge is 0.435 e. The molecular weight excluding hydrogens is 230 g/mol. The Balaban J connectivity index is 2.04. The zero-order chi connectivity index (χ0) is 12.3. The maximum absolute atomic E-state index is 11.9. The summed E-state index contributed by atoms with van der Waals surface area (Å²) < 4.78 is 33.2. The van der Waals surface area contributed by atoms with Gasteiger partial charge in [0.2, 0.25) is 0 Å². The number of ether oxygens (including phenoxy) is 2. The van der Waals surface area contributed by atoms with Gasteiger partial charge in [-0.15, -0.1) is 0 Å². The number of ketones is 1. The van der Waals surface area contributed by atoms with Crippen molar-refractivity contribution in [3.8, 4) is 5.75 Å². The molecule has 1 aliphatic rings. The molecule has 0 aliphatic carbocycles. The zero-order valence-corrected chi connectivity index (χ0v) is 9.07. The normalized spacial score (nSPS) is 19.6. The van der Waals surface area contributed by atoms with Gasteiger partial charge >= 0.3 is 6.61 Å². The van der Waals surface area contributed by atoms with Crippen LogP contribution in [0.5, 0.6) is 5.75 Å². The van der Waals surface area contributed by atoms with Gasteiger partial charge in [0.25, 0.3) is 0 Å². The van der Waals surface area contributed by atoms with Gasteiger partial charge in [0.05, 0.1) is 6.61 Å². The summed E-state index contributed by atoms with van der Waals surface area (Å²) in [4.78, 5) is 11.9. The Hall–Kier alpha value is -1.49. The molecule has 1 unspecified atom stereocenters. The van der Waals surface area contributed by atoms with Crippen molar-refractivity contribution in [3.63, 3.8) is 0 Å². The summed E-state index contributed by atoms with van der Waals surface area (Å²) in [6.07, 6.45) is 0.716. The fraction of sp³-hybridized carbons (Fsp3) is 0.417. The van der Waals surface area contributed by atoms with Gasteiger partial charge in [-0.3, -0.25) is 4.79 Å². The second-order valence-electron chi connectivity index (χ2n) is 3.83. The Labute approximate surface area is 97.3 Å². The highest BCUT2D eigenvalue weighted by Crippen LogP contribution is 2.21. The first kappa shape index (κ1) is 12.0. The number of hydrogen-bond donors (Lipinski definition) is 0. The topological polar surface area (TPSA) is 35.5 Å². The van der Waals surface area contributed by atoms with Gasteiger partial charge < -0.3 is 9.47 Å².